The van der Waals surface area contributed by atoms with Crippen molar-refractivity contribution in [1.29, 1.82) is 0 Å². The second-order valence-corrected chi connectivity index (χ2v) is 5.13. The molecular formula is C14H11IN2O4. The van der Waals surface area contributed by atoms with Crippen LogP contribution >= 0.6 is 22.6 Å². The van der Waals surface area contributed by atoms with Gasteiger partial charge in [0.15, 0.2) is 18.1 Å². The molecule has 0 saturated carbocycles. The Kier molecular flexibility index (Phi) is 5.09. The molecular weight excluding hydrogens is 387 g/mol. The number of amides is 1. The summed E-state index contributed by atoms with van der Waals surface area (Å²) in [5, 5.41) is 11.6. The number of halogens is 1. The molecule has 6 nitrogen and oxygen atoms in total. The molecule has 1 heterocycles. The number of carboxylic acid groups (broad SMARTS) is 1. The molecule has 0 fully saturated rings. The van der Waals surface area contributed by atoms with Crippen LogP contribution in [0.25, 0.3) is 0 Å². The largest absolute Gasteiger partial charge is 0.481 e. The van der Waals surface area contributed by atoms with Crippen molar-refractivity contribution in [1.82, 2.24) is 4.98 Å². The van der Waals surface area contributed by atoms with Crippen LogP contribution in [0, 0.1) is 3.57 Å². The number of aromatic nitrogens is 1. The number of anilines is 1. The molecule has 0 saturated heterocycles. The molecule has 2 aromatic rings. The van der Waals surface area contributed by atoms with Crippen molar-refractivity contribution >= 4 is 40.2 Å². The number of rotatable bonds is 5. The summed E-state index contributed by atoms with van der Waals surface area (Å²) in [5.74, 6) is -1.52. The average Bonchev–Trinajstić information content (AvgIpc) is 2.48. The molecule has 0 aliphatic rings. The highest BCUT2D eigenvalue weighted by atomic mass is 127. The first kappa shape index (κ1) is 15.2. The molecule has 1 amide bonds. The van der Waals surface area contributed by atoms with E-state index in [4.69, 9.17) is 9.84 Å². The third-order valence-corrected chi connectivity index (χ3v) is 3.42. The van der Waals surface area contributed by atoms with Crippen LogP contribution in [0.4, 0.5) is 5.69 Å². The minimum absolute atomic E-state index is 0.0582. The Morgan fingerprint density at radius 2 is 2.00 bits per heavy atom. The van der Waals surface area contributed by atoms with Gasteiger partial charge in [-0.2, -0.15) is 0 Å². The second kappa shape index (κ2) is 7.02. The maximum Gasteiger partial charge on any atom is 0.358 e. The van der Waals surface area contributed by atoms with Crippen molar-refractivity contribution in [2.45, 2.75) is 0 Å². The van der Waals surface area contributed by atoms with Crippen molar-refractivity contribution in [3.05, 3.63) is 51.9 Å². The molecule has 1 aromatic heterocycles. The number of aromatic carboxylic acids is 1. The highest BCUT2D eigenvalue weighted by Gasteiger charge is 2.13. The van der Waals surface area contributed by atoms with Gasteiger partial charge in [-0.15, -0.1) is 0 Å². The Hall–Kier alpha value is -2.16. The number of benzene rings is 1. The zero-order valence-electron chi connectivity index (χ0n) is 10.7. The number of carbonyl (C=O) groups is 2. The molecule has 0 radical (unpaired) electrons. The maximum absolute atomic E-state index is 11.8. The van der Waals surface area contributed by atoms with E-state index in [1.807, 2.05) is 18.2 Å². The van der Waals surface area contributed by atoms with Gasteiger partial charge in [-0.25, -0.2) is 9.78 Å². The van der Waals surface area contributed by atoms with Gasteiger partial charge >= 0.3 is 5.97 Å². The zero-order valence-corrected chi connectivity index (χ0v) is 12.9. The Morgan fingerprint density at radius 3 is 2.71 bits per heavy atom. The standard InChI is InChI=1S/C14H11IN2O4/c15-9-4-1-2-5-10(9)17-12(18)8-21-11-6-3-7-16-13(11)14(19)20/h1-7H,8H2,(H,17,18)(H,19,20). The fourth-order valence-corrected chi connectivity index (χ4v) is 2.08. The number of hydrogen-bond donors (Lipinski definition) is 2. The van der Waals surface area contributed by atoms with E-state index in [0.717, 1.165) is 3.57 Å². The summed E-state index contributed by atoms with van der Waals surface area (Å²) in [7, 11) is 0. The molecule has 0 unspecified atom stereocenters. The van der Waals surface area contributed by atoms with Gasteiger partial charge in [0.2, 0.25) is 0 Å². The van der Waals surface area contributed by atoms with Gasteiger partial charge in [0.25, 0.3) is 5.91 Å². The van der Waals surface area contributed by atoms with Crippen molar-refractivity contribution in [3.8, 4) is 5.75 Å². The van der Waals surface area contributed by atoms with Gasteiger partial charge in [-0.3, -0.25) is 4.79 Å². The van der Waals surface area contributed by atoms with E-state index in [2.05, 4.69) is 32.9 Å². The minimum atomic E-state index is -1.20. The predicted octanol–water partition coefficient (Wildman–Crippen LogP) is 2.40. The molecule has 2 N–H and O–H groups in total. The van der Waals surface area contributed by atoms with E-state index in [1.165, 1.54) is 12.3 Å². The summed E-state index contributed by atoms with van der Waals surface area (Å²) in [6.45, 7) is -0.295. The Balaban J connectivity index is 1.99. The normalized spacial score (nSPS) is 9.95. The van der Waals surface area contributed by atoms with Gasteiger partial charge in [-0.05, 0) is 46.9 Å². The first-order chi connectivity index (χ1) is 10.1. The smallest absolute Gasteiger partial charge is 0.358 e. The van der Waals surface area contributed by atoms with Crippen LogP contribution in [0.5, 0.6) is 5.75 Å². The quantitative estimate of drug-likeness (QED) is 0.756. The zero-order chi connectivity index (χ0) is 15.2. The molecule has 2 rings (SSSR count). The molecule has 0 bridgehead atoms. The second-order valence-electron chi connectivity index (χ2n) is 3.97. The molecule has 7 heteroatoms. The van der Waals surface area contributed by atoms with Gasteiger partial charge in [0, 0.05) is 9.77 Å². The van der Waals surface area contributed by atoms with Crippen LogP contribution in [0.2, 0.25) is 0 Å². The number of nitrogens with one attached hydrogen (secondary N) is 1. The molecule has 0 aliphatic heterocycles. The van der Waals surface area contributed by atoms with Crippen molar-refractivity contribution in [2.75, 3.05) is 11.9 Å². The summed E-state index contributed by atoms with van der Waals surface area (Å²) in [6, 6.07) is 10.3. The number of pyridine rings is 1. The summed E-state index contributed by atoms with van der Waals surface area (Å²) in [4.78, 5) is 26.5. The Labute approximate surface area is 134 Å². The first-order valence-electron chi connectivity index (χ1n) is 5.93. The molecule has 21 heavy (non-hydrogen) atoms. The number of nitrogens with zero attached hydrogens (tertiary/aromatic N) is 1. The Bertz CT molecular complexity index is 676. The lowest BCUT2D eigenvalue weighted by atomic mass is 10.3. The molecule has 108 valence electrons. The van der Waals surface area contributed by atoms with Gasteiger partial charge in [0.05, 0.1) is 5.69 Å². The van der Waals surface area contributed by atoms with Crippen molar-refractivity contribution in [3.63, 3.8) is 0 Å². The van der Waals surface area contributed by atoms with E-state index < -0.39 is 5.97 Å². The first-order valence-corrected chi connectivity index (χ1v) is 7.01. The molecule has 1 aromatic carbocycles. The van der Waals surface area contributed by atoms with Crippen LogP contribution < -0.4 is 10.1 Å². The highest BCUT2D eigenvalue weighted by Crippen LogP contribution is 2.18. The van der Waals surface area contributed by atoms with Crippen LogP contribution in [0.15, 0.2) is 42.6 Å². The van der Waals surface area contributed by atoms with E-state index in [1.54, 1.807) is 12.1 Å². The van der Waals surface area contributed by atoms with E-state index in [-0.39, 0.29) is 24.0 Å². The van der Waals surface area contributed by atoms with Crippen molar-refractivity contribution < 1.29 is 19.4 Å². The third-order valence-electron chi connectivity index (χ3n) is 2.48. The van der Waals surface area contributed by atoms with E-state index >= 15 is 0 Å². The fraction of sp³-hybridized carbons (Fsp3) is 0.0714. The monoisotopic (exact) mass is 398 g/mol. The number of carboxylic acids is 1. The lowest BCUT2D eigenvalue weighted by Gasteiger charge is -2.09. The molecule has 0 spiro atoms. The SMILES string of the molecule is O=C(COc1cccnc1C(=O)O)Nc1ccccc1I. The molecule has 0 aliphatic carbocycles. The number of ether oxygens (including phenoxy) is 1. The van der Waals surface area contributed by atoms with Gasteiger partial charge in [-0.1, -0.05) is 12.1 Å². The van der Waals surface area contributed by atoms with E-state index in [9.17, 15) is 9.59 Å². The van der Waals surface area contributed by atoms with Gasteiger partial charge < -0.3 is 15.2 Å². The predicted molar refractivity (Wildman–Crippen MR) is 84.5 cm³/mol. The number of para-hydroxylation sites is 1. The van der Waals surface area contributed by atoms with Crippen LogP contribution in [0.3, 0.4) is 0 Å². The van der Waals surface area contributed by atoms with E-state index in [0.29, 0.717) is 5.69 Å². The number of carbonyl (C=O) groups excluding carboxylic acids is 1. The number of hydrogen-bond acceptors (Lipinski definition) is 4. The van der Waals surface area contributed by atoms with Crippen LogP contribution in [0.1, 0.15) is 10.5 Å². The summed E-state index contributed by atoms with van der Waals surface area (Å²) >= 11 is 2.10. The molecule has 0 atom stereocenters. The van der Waals surface area contributed by atoms with Crippen LogP contribution in [-0.4, -0.2) is 28.6 Å². The topological polar surface area (TPSA) is 88.5 Å². The van der Waals surface area contributed by atoms with Gasteiger partial charge in [0.1, 0.15) is 0 Å². The van der Waals surface area contributed by atoms with Crippen molar-refractivity contribution in [2.24, 2.45) is 0 Å². The Morgan fingerprint density at radius 1 is 1.24 bits per heavy atom. The van der Waals surface area contributed by atoms with Crippen LogP contribution in [-0.2, 0) is 4.79 Å². The average molecular weight is 398 g/mol. The minimum Gasteiger partial charge on any atom is -0.481 e. The lowest BCUT2D eigenvalue weighted by Crippen LogP contribution is -2.21. The maximum atomic E-state index is 11.8. The summed E-state index contributed by atoms with van der Waals surface area (Å²) in [5.41, 5.74) is 0.455. The summed E-state index contributed by atoms with van der Waals surface area (Å²) < 4.78 is 6.11. The highest BCUT2D eigenvalue weighted by molar-refractivity contribution is 14.1. The fourth-order valence-electron chi connectivity index (χ4n) is 1.56. The summed E-state index contributed by atoms with van der Waals surface area (Å²) in [6.07, 6.45) is 1.35. The third kappa shape index (κ3) is 4.15. The lowest BCUT2D eigenvalue weighted by molar-refractivity contribution is -0.118.